The molecule has 1 unspecified atom stereocenters. The summed E-state index contributed by atoms with van der Waals surface area (Å²) in [5, 5.41) is 0. The Bertz CT molecular complexity index is 500. The molecule has 1 fully saturated rings. The van der Waals surface area contributed by atoms with Crippen molar-refractivity contribution in [1.82, 2.24) is 0 Å². The quantitative estimate of drug-likeness (QED) is 0.789. The fraction of sp³-hybridized carbons (Fsp3) is 0.471. The van der Waals surface area contributed by atoms with E-state index in [9.17, 15) is 4.79 Å². The summed E-state index contributed by atoms with van der Waals surface area (Å²) >= 11 is 0. The molecule has 0 N–H and O–H groups in total. The molecule has 0 radical (unpaired) electrons. The van der Waals surface area contributed by atoms with Crippen LogP contribution >= 0.6 is 0 Å². The van der Waals surface area contributed by atoms with E-state index in [2.05, 4.69) is 43.0 Å². The van der Waals surface area contributed by atoms with Gasteiger partial charge in [-0.25, -0.2) is 0 Å². The molecule has 0 amide bonds. The first-order valence-corrected chi connectivity index (χ1v) is 7.01. The summed E-state index contributed by atoms with van der Waals surface area (Å²) in [5.41, 5.74) is 2.32. The number of hydrogen-bond acceptors (Lipinski definition) is 3. The van der Waals surface area contributed by atoms with Gasteiger partial charge in [0, 0.05) is 19.8 Å². The number of anilines is 1. The smallest absolute Gasteiger partial charge is 0.306 e. The van der Waals surface area contributed by atoms with Gasteiger partial charge in [0.2, 0.25) is 0 Å². The van der Waals surface area contributed by atoms with Crippen molar-refractivity contribution in [2.24, 2.45) is 5.41 Å². The van der Waals surface area contributed by atoms with Crippen LogP contribution < -0.4 is 4.90 Å². The zero-order valence-corrected chi connectivity index (χ0v) is 12.7. The third-order valence-electron chi connectivity index (χ3n) is 3.57. The lowest BCUT2D eigenvalue weighted by atomic mass is 9.81. The molecule has 1 saturated heterocycles. The number of ether oxygens (including phenoxy) is 1. The average Bonchev–Trinajstić information content (AvgIpc) is 2.34. The van der Waals surface area contributed by atoms with Crippen LogP contribution in [0.5, 0.6) is 0 Å². The van der Waals surface area contributed by atoms with Crippen LogP contribution in [-0.2, 0) is 9.53 Å². The van der Waals surface area contributed by atoms with Gasteiger partial charge < -0.3 is 9.64 Å². The van der Waals surface area contributed by atoms with Gasteiger partial charge in [-0.1, -0.05) is 32.1 Å². The van der Waals surface area contributed by atoms with Crippen molar-refractivity contribution < 1.29 is 9.53 Å². The van der Waals surface area contributed by atoms with Gasteiger partial charge in [-0.3, -0.25) is 4.79 Å². The van der Waals surface area contributed by atoms with E-state index in [1.54, 1.807) is 0 Å². The van der Waals surface area contributed by atoms with Crippen molar-refractivity contribution in [3.05, 3.63) is 35.9 Å². The molecule has 1 heterocycles. The molecule has 0 aromatic heterocycles. The molecule has 1 aliphatic heterocycles. The first kappa shape index (κ1) is 14.6. The first-order valence-electron chi connectivity index (χ1n) is 7.01. The van der Waals surface area contributed by atoms with E-state index < -0.39 is 0 Å². The van der Waals surface area contributed by atoms with Crippen LogP contribution in [0, 0.1) is 5.41 Å². The Balaban J connectivity index is 2.03. The van der Waals surface area contributed by atoms with Gasteiger partial charge in [-0.15, -0.1) is 0 Å². The monoisotopic (exact) mass is 273 g/mol. The number of carbonyl (C=O) groups is 1. The Hall–Kier alpha value is -1.77. The van der Waals surface area contributed by atoms with E-state index in [0.717, 1.165) is 12.0 Å². The Labute approximate surface area is 121 Å². The molecule has 2 rings (SSSR count). The molecule has 0 aliphatic carbocycles. The maximum absolute atomic E-state index is 11.6. The molecule has 1 aromatic rings. The maximum atomic E-state index is 11.6. The van der Waals surface area contributed by atoms with E-state index in [-0.39, 0.29) is 17.5 Å². The molecule has 0 saturated carbocycles. The molecule has 1 aliphatic rings. The SMILES string of the molecule is CN(C)c1ccc(C=CC2CC(C)(C)CC(=O)O2)cc1. The fourth-order valence-corrected chi connectivity index (χ4v) is 2.47. The van der Waals surface area contributed by atoms with Crippen molar-refractivity contribution in [2.75, 3.05) is 19.0 Å². The minimum atomic E-state index is -0.111. The van der Waals surface area contributed by atoms with Crippen LogP contribution in [0.3, 0.4) is 0 Å². The van der Waals surface area contributed by atoms with Crippen molar-refractivity contribution in [1.29, 1.82) is 0 Å². The van der Waals surface area contributed by atoms with E-state index >= 15 is 0 Å². The van der Waals surface area contributed by atoms with Crippen LogP contribution in [0.4, 0.5) is 5.69 Å². The number of benzene rings is 1. The van der Waals surface area contributed by atoms with Crippen molar-refractivity contribution in [3.63, 3.8) is 0 Å². The van der Waals surface area contributed by atoms with Crippen molar-refractivity contribution >= 4 is 17.7 Å². The molecular formula is C17H23NO2. The molecule has 1 atom stereocenters. The largest absolute Gasteiger partial charge is 0.458 e. The van der Waals surface area contributed by atoms with Crippen LogP contribution in [-0.4, -0.2) is 26.2 Å². The van der Waals surface area contributed by atoms with Gasteiger partial charge in [0.15, 0.2) is 0 Å². The predicted molar refractivity (Wildman–Crippen MR) is 82.7 cm³/mol. The Morgan fingerprint density at radius 2 is 1.90 bits per heavy atom. The highest BCUT2D eigenvalue weighted by atomic mass is 16.5. The van der Waals surface area contributed by atoms with Crippen LogP contribution in [0.2, 0.25) is 0 Å². The van der Waals surface area contributed by atoms with E-state index in [1.165, 1.54) is 5.69 Å². The second-order valence-corrected chi connectivity index (χ2v) is 6.42. The van der Waals surface area contributed by atoms with Gasteiger partial charge in [0.25, 0.3) is 0 Å². The molecule has 1 aromatic carbocycles. The first-order chi connectivity index (χ1) is 9.35. The summed E-state index contributed by atoms with van der Waals surface area (Å²) in [6.07, 6.45) is 5.29. The lowest BCUT2D eigenvalue weighted by Gasteiger charge is -2.32. The van der Waals surface area contributed by atoms with Crippen LogP contribution in [0.15, 0.2) is 30.3 Å². The molecule has 0 bridgehead atoms. The molecule has 20 heavy (non-hydrogen) atoms. The lowest BCUT2D eigenvalue weighted by molar-refractivity contribution is -0.156. The normalized spacial score (nSPS) is 21.8. The number of esters is 1. The molecule has 108 valence electrons. The Morgan fingerprint density at radius 3 is 2.45 bits per heavy atom. The van der Waals surface area contributed by atoms with E-state index in [0.29, 0.717) is 6.42 Å². The van der Waals surface area contributed by atoms with Gasteiger partial charge >= 0.3 is 5.97 Å². The average molecular weight is 273 g/mol. The lowest BCUT2D eigenvalue weighted by Crippen LogP contribution is -2.33. The number of carbonyl (C=O) groups excluding carboxylic acids is 1. The van der Waals surface area contributed by atoms with E-state index in [1.807, 2.05) is 26.2 Å². The van der Waals surface area contributed by atoms with Crippen molar-refractivity contribution in [2.45, 2.75) is 32.8 Å². The zero-order chi connectivity index (χ0) is 14.8. The number of cyclic esters (lactones) is 1. The number of nitrogens with zero attached hydrogens (tertiary/aromatic N) is 1. The zero-order valence-electron chi connectivity index (χ0n) is 12.7. The predicted octanol–water partition coefficient (Wildman–Crippen LogP) is 3.50. The summed E-state index contributed by atoms with van der Waals surface area (Å²) in [7, 11) is 4.04. The highest BCUT2D eigenvalue weighted by Gasteiger charge is 2.32. The fourth-order valence-electron chi connectivity index (χ4n) is 2.47. The summed E-state index contributed by atoms with van der Waals surface area (Å²) in [6, 6.07) is 8.30. The Kier molecular flexibility index (Phi) is 4.17. The van der Waals surface area contributed by atoms with Crippen LogP contribution in [0.25, 0.3) is 6.08 Å². The number of hydrogen-bond donors (Lipinski definition) is 0. The summed E-state index contributed by atoms with van der Waals surface area (Å²) in [4.78, 5) is 13.6. The molecule has 0 spiro atoms. The standard InChI is InChI=1S/C17H23NO2/c1-17(2)11-15(20-16(19)12-17)10-7-13-5-8-14(9-6-13)18(3)4/h5-10,15H,11-12H2,1-4H3. The minimum Gasteiger partial charge on any atom is -0.458 e. The second-order valence-electron chi connectivity index (χ2n) is 6.42. The molecule has 3 heteroatoms. The third kappa shape index (κ3) is 3.86. The maximum Gasteiger partial charge on any atom is 0.306 e. The summed E-state index contributed by atoms with van der Waals surface area (Å²) in [6.45, 7) is 4.22. The Morgan fingerprint density at radius 1 is 1.25 bits per heavy atom. The molecular weight excluding hydrogens is 250 g/mol. The van der Waals surface area contributed by atoms with Crippen molar-refractivity contribution in [3.8, 4) is 0 Å². The second kappa shape index (κ2) is 5.70. The third-order valence-corrected chi connectivity index (χ3v) is 3.57. The summed E-state index contributed by atoms with van der Waals surface area (Å²) in [5.74, 6) is -0.0983. The minimum absolute atomic E-state index is 0.0269. The van der Waals surface area contributed by atoms with Gasteiger partial charge in [-0.2, -0.15) is 0 Å². The highest BCUT2D eigenvalue weighted by molar-refractivity contribution is 5.71. The topological polar surface area (TPSA) is 29.5 Å². The van der Waals surface area contributed by atoms with Gasteiger partial charge in [0.05, 0.1) is 6.42 Å². The number of rotatable bonds is 3. The van der Waals surface area contributed by atoms with Crippen LogP contribution in [0.1, 0.15) is 32.3 Å². The van der Waals surface area contributed by atoms with Gasteiger partial charge in [-0.05, 0) is 35.6 Å². The van der Waals surface area contributed by atoms with E-state index in [4.69, 9.17) is 4.74 Å². The molecule has 3 nitrogen and oxygen atoms in total. The van der Waals surface area contributed by atoms with Gasteiger partial charge in [0.1, 0.15) is 6.10 Å². The summed E-state index contributed by atoms with van der Waals surface area (Å²) < 4.78 is 5.37. The highest BCUT2D eigenvalue weighted by Crippen LogP contribution is 2.33.